The van der Waals surface area contributed by atoms with Gasteiger partial charge in [0.05, 0.1) is 13.7 Å². The van der Waals surface area contributed by atoms with Gasteiger partial charge < -0.3 is 13.9 Å². The van der Waals surface area contributed by atoms with Gasteiger partial charge in [0.15, 0.2) is 5.89 Å². The molecule has 1 rings (SSSR count). The Balaban J connectivity index is 2.99. The number of nitrogens with zero attached hydrogens (tertiary/aromatic N) is 1. The van der Waals surface area contributed by atoms with Crippen LogP contribution < -0.4 is 0 Å². The molecule has 0 aliphatic rings. The Morgan fingerprint density at radius 3 is 2.47 bits per heavy atom. The lowest BCUT2D eigenvalue weighted by Gasteiger charge is -2.14. The topological polar surface area (TPSA) is 61.6 Å². The summed E-state index contributed by atoms with van der Waals surface area (Å²) in [6.45, 7) is 6.46. The quantitative estimate of drug-likeness (QED) is 0.756. The molecule has 0 atom stereocenters. The first-order valence-corrected chi connectivity index (χ1v) is 5.43. The van der Waals surface area contributed by atoms with E-state index in [4.69, 9.17) is 9.15 Å². The van der Waals surface area contributed by atoms with E-state index >= 15 is 0 Å². The molecule has 1 aromatic rings. The van der Waals surface area contributed by atoms with Gasteiger partial charge in [-0.05, 0) is 5.41 Å². The van der Waals surface area contributed by atoms with Crippen molar-refractivity contribution >= 4 is 5.97 Å². The second kappa shape index (κ2) is 5.31. The van der Waals surface area contributed by atoms with E-state index in [-0.39, 0.29) is 17.8 Å². The van der Waals surface area contributed by atoms with Crippen molar-refractivity contribution in [1.29, 1.82) is 0 Å². The lowest BCUT2D eigenvalue weighted by atomic mass is 9.92. The second-order valence-electron chi connectivity index (χ2n) is 5.05. The molecule has 1 heterocycles. The van der Waals surface area contributed by atoms with E-state index in [1.165, 1.54) is 7.11 Å². The summed E-state index contributed by atoms with van der Waals surface area (Å²) >= 11 is 0. The van der Waals surface area contributed by atoms with Crippen molar-refractivity contribution in [3.63, 3.8) is 0 Å². The number of methoxy groups -OCH3 is 2. The molecule has 0 unspecified atom stereocenters. The molecule has 0 aliphatic carbocycles. The second-order valence-corrected chi connectivity index (χ2v) is 5.05. The summed E-state index contributed by atoms with van der Waals surface area (Å²) in [6, 6.07) is 0. The molecule has 0 bridgehead atoms. The maximum Gasteiger partial charge on any atom is 0.376 e. The van der Waals surface area contributed by atoms with Crippen LogP contribution in [0.3, 0.4) is 0 Å². The van der Waals surface area contributed by atoms with Gasteiger partial charge in [-0.1, -0.05) is 20.8 Å². The van der Waals surface area contributed by atoms with Crippen LogP contribution in [-0.2, 0) is 22.5 Å². The molecular weight excluding hydrogens is 222 g/mol. The molecule has 0 N–H and O–H groups in total. The maximum absolute atomic E-state index is 11.5. The van der Waals surface area contributed by atoms with E-state index in [0.717, 1.165) is 0 Å². The Hall–Kier alpha value is -1.36. The molecule has 0 radical (unpaired) electrons. The number of oxazole rings is 1. The van der Waals surface area contributed by atoms with Crippen LogP contribution in [0.2, 0.25) is 0 Å². The van der Waals surface area contributed by atoms with Crippen molar-refractivity contribution in [3.8, 4) is 0 Å². The van der Waals surface area contributed by atoms with E-state index < -0.39 is 5.97 Å². The summed E-state index contributed by atoms with van der Waals surface area (Å²) in [6.07, 6.45) is 0.653. The number of esters is 1. The molecule has 0 saturated heterocycles. The molecule has 1 aromatic heterocycles. The van der Waals surface area contributed by atoms with Crippen LogP contribution in [0, 0.1) is 5.41 Å². The summed E-state index contributed by atoms with van der Waals surface area (Å²) in [5.41, 5.74) is 0.529. The molecule has 0 aliphatic heterocycles. The highest BCUT2D eigenvalue weighted by Crippen LogP contribution is 2.22. The third-order valence-corrected chi connectivity index (χ3v) is 2.08. The fourth-order valence-electron chi connectivity index (χ4n) is 1.42. The molecular formula is C12H19NO4. The average molecular weight is 241 g/mol. The van der Waals surface area contributed by atoms with Crippen molar-refractivity contribution in [3.05, 3.63) is 17.3 Å². The van der Waals surface area contributed by atoms with Crippen molar-refractivity contribution in [2.75, 3.05) is 14.2 Å². The Labute approximate surface area is 101 Å². The number of ether oxygens (including phenoxy) is 2. The maximum atomic E-state index is 11.5. The fourth-order valence-corrected chi connectivity index (χ4v) is 1.42. The third-order valence-electron chi connectivity index (χ3n) is 2.08. The van der Waals surface area contributed by atoms with Crippen LogP contribution in [-0.4, -0.2) is 25.2 Å². The number of carbonyl (C=O) groups excluding carboxylic acids is 1. The van der Waals surface area contributed by atoms with Crippen LogP contribution in [0.1, 0.15) is 42.9 Å². The summed E-state index contributed by atoms with van der Waals surface area (Å²) in [4.78, 5) is 15.7. The van der Waals surface area contributed by atoms with Gasteiger partial charge in [0.1, 0.15) is 5.69 Å². The minimum Gasteiger partial charge on any atom is -0.463 e. The van der Waals surface area contributed by atoms with Crippen molar-refractivity contribution in [2.45, 2.75) is 33.8 Å². The third kappa shape index (κ3) is 3.85. The van der Waals surface area contributed by atoms with Gasteiger partial charge in [0.25, 0.3) is 0 Å². The highest BCUT2D eigenvalue weighted by Gasteiger charge is 2.23. The summed E-state index contributed by atoms with van der Waals surface area (Å²) in [5, 5.41) is 0. The number of aromatic nitrogens is 1. The van der Waals surface area contributed by atoms with Crippen LogP contribution >= 0.6 is 0 Å². The molecule has 0 aromatic carbocycles. The highest BCUT2D eigenvalue weighted by molar-refractivity contribution is 5.87. The van der Waals surface area contributed by atoms with Gasteiger partial charge in [-0.25, -0.2) is 9.78 Å². The lowest BCUT2D eigenvalue weighted by molar-refractivity contribution is 0.0555. The molecule has 96 valence electrons. The van der Waals surface area contributed by atoms with Crippen LogP contribution in [0.5, 0.6) is 0 Å². The predicted molar refractivity (Wildman–Crippen MR) is 61.7 cm³/mol. The molecule has 0 saturated carbocycles. The van der Waals surface area contributed by atoms with Crippen molar-refractivity contribution < 1.29 is 18.7 Å². The normalized spacial score (nSPS) is 11.6. The molecule has 0 spiro atoms. The van der Waals surface area contributed by atoms with E-state index in [1.54, 1.807) is 7.11 Å². The first-order chi connectivity index (χ1) is 7.87. The average Bonchev–Trinajstić information content (AvgIpc) is 2.58. The van der Waals surface area contributed by atoms with Gasteiger partial charge in [0, 0.05) is 13.5 Å². The minimum absolute atomic E-state index is 0.0442. The molecule has 5 nitrogen and oxygen atoms in total. The zero-order chi connectivity index (χ0) is 13.1. The Morgan fingerprint density at radius 2 is 2.00 bits per heavy atom. The molecule has 0 fully saturated rings. The van der Waals surface area contributed by atoms with Gasteiger partial charge in [-0.3, -0.25) is 0 Å². The number of carbonyl (C=O) groups is 1. The Kier molecular flexibility index (Phi) is 4.28. The largest absolute Gasteiger partial charge is 0.463 e. The zero-order valence-corrected chi connectivity index (χ0v) is 11.0. The molecule has 0 amide bonds. The molecule has 5 heteroatoms. The van der Waals surface area contributed by atoms with E-state index in [0.29, 0.717) is 18.0 Å². The van der Waals surface area contributed by atoms with Crippen LogP contribution in [0.4, 0.5) is 0 Å². The Bertz CT molecular complexity index is 390. The van der Waals surface area contributed by atoms with Crippen molar-refractivity contribution in [1.82, 2.24) is 4.98 Å². The summed E-state index contributed by atoms with van der Waals surface area (Å²) in [7, 11) is 2.85. The highest BCUT2D eigenvalue weighted by atomic mass is 16.5. The zero-order valence-electron chi connectivity index (χ0n) is 11.0. The standard InChI is InChI=1S/C12H19NO4/c1-12(2,3)6-9-13-8(7-15-4)10(17-9)11(14)16-5/h6-7H2,1-5H3. The van der Waals surface area contributed by atoms with E-state index in [1.807, 2.05) is 0 Å². The van der Waals surface area contributed by atoms with Gasteiger partial charge in [-0.2, -0.15) is 0 Å². The lowest BCUT2D eigenvalue weighted by Crippen LogP contribution is -2.09. The first-order valence-electron chi connectivity index (χ1n) is 5.43. The first kappa shape index (κ1) is 13.7. The smallest absolute Gasteiger partial charge is 0.376 e. The summed E-state index contributed by atoms with van der Waals surface area (Å²) < 4.78 is 15.0. The number of hydrogen-bond acceptors (Lipinski definition) is 5. The van der Waals surface area contributed by atoms with Crippen molar-refractivity contribution in [2.24, 2.45) is 5.41 Å². The molecule has 17 heavy (non-hydrogen) atoms. The van der Waals surface area contributed by atoms with Gasteiger partial charge in [-0.15, -0.1) is 0 Å². The van der Waals surface area contributed by atoms with Gasteiger partial charge in [0.2, 0.25) is 5.76 Å². The number of hydrogen-bond donors (Lipinski definition) is 0. The fraction of sp³-hybridized carbons (Fsp3) is 0.667. The van der Waals surface area contributed by atoms with Crippen LogP contribution in [0.25, 0.3) is 0 Å². The number of rotatable bonds is 4. The van der Waals surface area contributed by atoms with Crippen LogP contribution in [0.15, 0.2) is 4.42 Å². The van der Waals surface area contributed by atoms with Gasteiger partial charge >= 0.3 is 5.97 Å². The van der Waals surface area contributed by atoms with E-state index in [2.05, 4.69) is 30.5 Å². The summed E-state index contributed by atoms with van der Waals surface area (Å²) in [5.74, 6) is 0.142. The predicted octanol–water partition coefficient (Wildman–Crippen LogP) is 2.20. The minimum atomic E-state index is -0.523. The SMILES string of the molecule is COCc1nc(CC(C)(C)C)oc1C(=O)OC. The van der Waals surface area contributed by atoms with E-state index in [9.17, 15) is 4.79 Å². The Morgan fingerprint density at radius 1 is 1.35 bits per heavy atom. The monoisotopic (exact) mass is 241 g/mol.